The van der Waals surface area contributed by atoms with Crippen LogP contribution in [-0.4, -0.2) is 14.6 Å². The third-order valence-corrected chi connectivity index (χ3v) is 6.12. The Bertz CT molecular complexity index is 613. The smallest absolute Gasteiger partial charge is 0.200 e. The molecule has 2 aliphatic carbocycles. The van der Waals surface area contributed by atoms with Gasteiger partial charge in [0.25, 0.3) is 10.0 Å². The minimum atomic E-state index is -3.55. The van der Waals surface area contributed by atoms with E-state index in [4.69, 9.17) is 0 Å². The third-order valence-electron chi connectivity index (χ3n) is 4.36. The summed E-state index contributed by atoms with van der Waals surface area (Å²) in [6.45, 7) is 0. The average Bonchev–Trinajstić information content (AvgIpc) is 3.01. The molecule has 0 aliphatic heterocycles. The molecule has 4 nitrogen and oxygen atoms in total. The molecule has 0 aromatic heterocycles. The van der Waals surface area contributed by atoms with E-state index >= 15 is 0 Å². The van der Waals surface area contributed by atoms with Crippen LogP contribution in [0.3, 0.4) is 0 Å². The van der Waals surface area contributed by atoms with Gasteiger partial charge in [-0.2, -0.15) is 13.5 Å². The maximum absolute atomic E-state index is 12.0. The molecule has 1 aromatic rings. The number of benzene rings is 1. The standard InChI is InChI=1S/C14H17BrN2O2S/c15-13-3-5-14(6-4-13)20(18,19)17-16-9-12-8-10-1-2-11(12)7-10/h3-6,9-12,17H,1-2,7-8H2. The molecule has 1 N–H and O–H groups in total. The van der Waals surface area contributed by atoms with Crippen molar-refractivity contribution < 1.29 is 8.42 Å². The Hall–Kier alpha value is -0.880. The summed E-state index contributed by atoms with van der Waals surface area (Å²) in [5, 5.41) is 3.97. The van der Waals surface area contributed by atoms with Gasteiger partial charge >= 0.3 is 0 Å². The fourth-order valence-corrected chi connectivity index (χ4v) is 4.40. The average molecular weight is 357 g/mol. The van der Waals surface area contributed by atoms with Crippen molar-refractivity contribution in [2.24, 2.45) is 22.9 Å². The Kier molecular flexibility index (Phi) is 3.86. The first kappa shape index (κ1) is 14.1. The number of nitrogens with zero attached hydrogens (tertiary/aromatic N) is 1. The molecule has 0 amide bonds. The maximum Gasteiger partial charge on any atom is 0.276 e. The lowest BCUT2D eigenvalue weighted by Crippen LogP contribution is -2.20. The van der Waals surface area contributed by atoms with E-state index in [-0.39, 0.29) is 4.90 Å². The van der Waals surface area contributed by atoms with Crippen LogP contribution in [0, 0.1) is 17.8 Å². The summed E-state index contributed by atoms with van der Waals surface area (Å²) in [7, 11) is -3.55. The second kappa shape index (κ2) is 5.48. The highest BCUT2D eigenvalue weighted by molar-refractivity contribution is 9.10. The second-order valence-electron chi connectivity index (χ2n) is 5.67. The van der Waals surface area contributed by atoms with Crippen molar-refractivity contribution in [1.29, 1.82) is 0 Å². The van der Waals surface area contributed by atoms with E-state index in [1.165, 1.54) is 19.3 Å². The summed E-state index contributed by atoms with van der Waals surface area (Å²) in [4.78, 5) is 2.54. The Balaban J connectivity index is 1.64. The highest BCUT2D eigenvalue weighted by Gasteiger charge is 2.38. The van der Waals surface area contributed by atoms with E-state index < -0.39 is 10.0 Å². The summed E-state index contributed by atoms with van der Waals surface area (Å²) in [5.41, 5.74) is 0. The fraction of sp³-hybridized carbons (Fsp3) is 0.500. The predicted octanol–water partition coefficient (Wildman–Crippen LogP) is 3.15. The van der Waals surface area contributed by atoms with Crippen LogP contribution in [-0.2, 0) is 10.0 Å². The number of rotatable bonds is 4. The van der Waals surface area contributed by atoms with Gasteiger partial charge < -0.3 is 0 Å². The first-order valence-corrected chi connectivity index (χ1v) is 9.13. The molecule has 3 rings (SSSR count). The zero-order valence-corrected chi connectivity index (χ0v) is 13.4. The van der Waals surface area contributed by atoms with Crippen LogP contribution in [0.5, 0.6) is 0 Å². The first-order valence-electron chi connectivity index (χ1n) is 6.85. The van der Waals surface area contributed by atoms with Crippen molar-refractivity contribution in [3.05, 3.63) is 28.7 Å². The van der Waals surface area contributed by atoms with Crippen LogP contribution in [0.1, 0.15) is 25.7 Å². The van der Waals surface area contributed by atoms with Gasteiger partial charge in [0, 0.05) is 10.7 Å². The molecule has 6 heteroatoms. The molecular weight excluding hydrogens is 340 g/mol. The van der Waals surface area contributed by atoms with Gasteiger partial charge in [-0.15, -0.1) is 0 Å². The van der Waals surface area contributed by atoms with Crippen molar-refractivity contribution in [3.63, 3.8) is 0 Å². The molecule has 2 saturated carbocycles. The number of hydrogen-bond donors (Lipinski definition) is 1. The number of nitrogens with one attached hydrogen (secondary N) is 1. The molecule has 20 heavy (non-hydrogen) atoms. The molecule has 2 bridgehead atoms. The van der Waals surface area contributed by atoms with E-state index in [0.29, 0.717) is 11.8 Å². The number of fused-ring (bicyclic) bond motifs is 2. The zero-order valence-electron chi connectivity index (χ0n) is 11.0. The minimum absolute atomic E-state index is 0.228. The number of halogens is 1. The molecule has 3 unspecified atom stereocenters. The molecule has 2 aliphatic rings. The Morgan fingerprint density at radius 3 is 2.55 bits per heavy atom. The van der Waals surface area contributed by atoms with Crippen molar-refractivity contribution in [2.75, 3.05) is 0 Å². The molecule has 0 saturated heterocycles. The quantitative estimate of drug-likeness (QED) is 0.665. The van der Waals surface area contributed by atoms with E-state index in [1.54, 1.807) is 30.5 Å². The van der Waals surface area contributed by atoms with Crippen molar-refractivity contribution >= 4 is 32.2 Å². The van der Waals surface area contributed by atoms with E-state index in [2.05, 4.69) is 25.9 Å². The van der Waals surface area contributed by atoms with Crippen molar-refractivity contribution in [2.45, 2.75) is 30.6 Å². The number of hydrazone groups is 1. The zero-order chi connectivity index (χ0) is 14.2. The normalized spacial score (nSPS) is 29.1. The third kappa shape index (κ3) is 2.91. The van der Waals surface area contributed by atoms with E-state index in [9.17, 15) is 8.42 Å². The summed E-state index contributed by atoms with van der Waals surface area (Å²) < 4.78 is 24.9. The summed E-state index contributed by atoms with van der Waals surface area (Å²) in [6, 6.07) is 6.52. The summed E-state index contributed by atoms with van der Waals surface area (Å²) >= 11 is 3.28. The molecule has 0 spiro atoms. The lowest BCUT2D eigenvalue weighted by molar-refractivity contribution is 0.420. The van der Waals surface area contributed by atoms with Gasteiger partial charge in [-0.3, -0.25) is 0 Å². The SMILES string of the molecule is O=S(=O)(NN=CC1CC2CCC1C2)c1ccc(Br)cc1. The Morgan fingerprint density at radius 2 is 1.95 bits per heavy atom. The largest absolute Gasteiger partial charge is 0.276 e. The van der Waals surface area contributed by atoms with Gasteiger partial charge in [-0.05, 0) is 61.3 Å². The molecule has 2 fully saturated rings. The number of sulfonamides is 1. The molecular formula is C14H17BrN2O2S. The van der Waals surface area contributed by atoms with Crippen molar-refractivity contribution in [1.82, 2.24) is 4.83 Å². The van der Waals surface area contributed by atoms with Crippen LogP contribution in [0.15, 0.2) is 38.7 Å². The van der Waals surface area contributed by atoms with Gasteiger partial charge in [0.1, 0.15) is 0 Å². The highest BCUT2D eigenvalue weighted by Crippen LogP contribution is 2.47. The molecule has 108 valence electrons. The van der Waals surface area contributed by atoms with E-state index in [0.717, 1.165) is 16.8 Å². The fourth-order valence-electron chi connectivity index (χ4n) is 3.34. The number of hydrogen-bond acceptors (Lipinski definition) is 3. The summed E-state index contributed by atoms with van der Waals surface area (Å²) in [6.07, 6.45) is 6.84. The predicted molar refractivity (Wildman–Crippen MR) is 81.9 cm³/mol. The Labute approximate surface area is 127 Å². The summed E-state index contributed by atoms with van der Waals surface area (Å²) in [5.74, 6) is 1.99. The molecule has 1 aromatic carbocycles. The van der Waals surface area contributed by atoms with E-state index in [1.807, 2.05) is 0 Å². The lowest BCUT2D eigenvalue weighted by Gasteiger charge is -2.16. The van der Waals surface area contributed by atoms with Crippen LogP contribution < -0.4 is 4.83 Å². The Morgan fingerprint density at radius 1 is 1.20 bits per heavy atom. The van der Waals surface area contributed by atoms with Crippen LogP contribution in [0.25, 0.3) is 0 Å². The van der Waals surface area contributed by atoms with Crippen LogP contribution in [0.4, 0.5) is 0 Å². The highest BCUT2D eigenvalue weighted by atomic mass is 79.9. The lowest BCUT2D eigenvalue weighted by atomic mass is 9.90. The molecule has 0 heterocycles. The molecule has 0 radical (unpaired) electrons. The minimum Gasteiger partial charge on any atom is -0.200 e. The van der Waals surface area contributed by atoms with Crippen molar-refractivity contribution in [3.8, 4) is 0 Å². The van der Waals surface area contributed by atoms with Gasteiger partial charge in [-0.25, -0.2) is 4.83 Å². The van der Waals surface area contributed by atoms with Crippen LogP contribution in [0.2, 0.25) is 0 Å². The van der Waals surface area contributed by atoms with Gasteiger partial charge in [-0.1, -0.05) is 22.4 Å². The van der Waals surface area contributed by atoms with Gasteiger partial charge in [0.05, 0.1) is 4.90 Å². The monoisotopic (exact) mass is 356 g/mol. The first-order chi connectivity index (χ1) is 9.54. The topological polar surface area (TPSA) is 58.5 Å². The van der Waals surface area contributed by atoms with Gasteiger partial charge in [0.15, 0.2) is 0 Å². The molecule has 3 atom stereocenters. The van der Waals surface area contributed by atoms with Crippen LogP contribution >= 0.6 is 15.9 Å². The second-order valence-corrected chi connectivity index (χ2v) is 8.24. The maximum atomic E-state index is 12.0. The van der Waals surface area contributed by atoms with Gasteiger partial charge in [0.2, 0.25) is 0 Å².